The molecule has 3 aromatic rings. The van der Waals surface area contributed by atoms with Crippen molar-refractivity contribution in [2.45, 2.75) is 209 Å². The Morgan fingerprint density at radius 3 is 1.33 bits per heavy atom. The second kappa shape index (κ2) is 46.8. The molecule has 6 rings (SSSR count). The van der Waals surface area contributed by atoms with Gasteiger partial charge in [0, 0.05) is 62.5 Å². The number of rotatable bonds is 18. The second-order valence-electron chi connectivity index (χ2n) is 22.3. The Morgan fingerprint density at radius 1 is 0.620 bits per heavy atom. The number of hydrogen-bond donors (Lipinski definition) is 6. The number of nitrogens with zero attached hydrogens (tertiary/aromatic N) is 1. The van der Waals surface area contributed by atoms with Crippen molar-refractivity contribution in [3.05, 3.63) is 89.5 Å². The third-order valence-corrected chi connectivity index (χ3v) is 12.9. The van der Waals surface area contributed by atoms with E-state index in [1.807, 2.05) is 65.8 Å². The highest BCUT2D eigenvalue weighted by Gasteiger charge is 2.18. The molecular weight excluding hydrogens is 1030 g/mol. The van der Waals surface area contributed by atoms with Gasteiger partial charge in [-0.25, -0.2) is 9.59 Å². The third kappa shape index (κ3) is 43.6. The number of nitrogen functional groups attached to an aromatic ring is 1. The predicted molar refractivity (Wildman–Crippen MR) is 337 cm³/mol. The standard InChI is InChI=1S/C21H34N2O2.C16H26N2.C14H22N2O2.C7H11N.C4H8O2.CH3Cl.CH4.ClH/c1-21(2,3)25-20(24)22-14-8-12-17-11-7-13-19(15-17)23-16-18-9-5-4-6-10-18;17-11-5-9-14-8-4-10-16(12-14)18-13-15-6-2-1-3-7-15;1-14(2,3)18-13(17)16-9-5-7-11-6-4-8-12(15)10-11;8-6-7-4-2-1-3-5-7;1-3-6-4(2)5;1-2;;/h7,11,13,15,18,23H,4-6,8-10,12,14,16H2,1-3H3,(H,22,24);4,8,10,12,15,18H,1-3,5-7,9,11,13,17H2;4,6,8,10H,5,7,9,15H2,1-3H3,(H,16,17);7H,1-5H2;3H2,1-2H3;1H3;1H4;1H. The van der Waals surface area contributed by atoms with Crippen molar-refractivity contribution >= 4 is 59.2 Å². The van der Waals surface area contributed by atoms with Crippen LogP contribution >= 0.6 is 24.0 Å². The first-order valence-corrected chi connectivity index (χ1v) is 29.7. The molecule has 79 heavy (non-hydrogen) atoms. The molecule has 3 fully saturated rings. The summed E-state index contributed by atoms with van der Waals surface area (Å²) in [6, 6.07) is 27.5. The smallest absolute Gasteiger partial charge is 0.407 e. The van der Waals surface area contributed by atoms with E-state index in [-0.39, 0.29) is 38.0 Å². The fourth-order valence-electron chi connectivity index (χ4n) is 9.06. The average molecular weight is 1140 g/mol. The van der Waals surface area contributed by atoms with Crippen molar-refractivity contribution in [3.8, 4) is 6.07 Å². The first-order chi connectivity index (χ1) is 36.9. The maximum Gasteiger partial charge on any atom is 0.407 e. The van der Waals surface area contributed by atoms with Crippen LogP contribution in [0.5, 0.6) is 0 Å². The van der Waals surface area contributed by atoms with Gasteiger partial charge in [0.25, 0.3) is 0 Å². The Kier molecular flexibility index (Phi) is 45.1. The molecule has 0 radical (unpaired) electrons. The van der Waals surface area contributed by atoms with Crippen LogP contribution < -0.4 is 32.7 Å². The van der Waals surface area contributed by atoms with E-state index in [1.54, 1.807) is 6.92 Å². The van der Waals surface area contributed by atoms with Gasteiger partial charge >= 0.3 is 18.2 Å². The molecule has 2 amide bonds. The van der Waals surface area contributed by atoms with Crippen LogP contribution in [0.25, 0.3) is 0 Å². The summed E-state index contributed by atoms with van der Waals surface area (Å²) in [6.07, 6.45) is 26.7. The van der Waals surface area contributed by atoms with Crippen molar-refractivity contribution in [2.24, 2.45) is 23.5 Å². The van der Waals surface area contributed by atoms with Gasteiger partial charge in [-0.1, -0.05) is 102 Å². The summed E-state index contributed by atoms with van der Waals surface area (Å²) in [5.41, 5.74) is 17.5. The normalized spacial score (nSPS) is 14.2. The van der Waals surface area contributed by atoms with Gasteiger partial charge in [0.15, 0.2) is 0 Å². The number of amides is 2. The molecule has 0 aliphatic heterocycles. The summed E-state index contributed by atoms with van der Waals surface area (Å²) in [6.45, 7) is 19.1. The fraction of sp³-hybridized carbons (Fsp3) is 0.656. The van der Waals surface area contributed by atoms with Crippen molar-refractivity contribution in [1.29, 1.82) is 5.26 Å². The molecule has 0 spiro atoms. The Hall–Kier alpha value is -4.90. The largest absolute Gasteiger partial charge is 0.466 e. The average Bonchev–Trinajstić information content (AvgIpc) is 3.41. The number of nitrogens with two attached hydrogens (primary N) is 2. The van der Waals surface area contributed by atoms with Gasteiger partial charge in [-0.2, -0.15) is 5.26 Å². The number of hydrogen-bond acceptors (Lipinski definition) is 11. The summed E-state index contributed by atoms with van der Waals surface area (Å²) >= 11 is 4.64. The minimum Gasteiger partial charge on any atom is -0.466 e. The molecule has 3 saturated carbocycles. The van der Waals surface area contributed by atoms with Crippen molar-refractivity contribution in [3.63, 3.8) is 0 Å². The van der Waals surface area contributed by atoms with Crippen LogP contribution in [0.4, 0.5) is 26.7 Å². The van der Waals surface area contributed by atoms with E-state index in [0.29, 0.717) is 25.6 Å². The third-order valence-electron chi connectivity index (χ3n) is 12.9. The maximum absolute atomic E-state index is 11.6. The number of ether oxygens (including phenoxy) is 3. The molecule has 0 heterocycles. The number of anilines is 3. The number of alkyl carbamates (subject to hydrolysis) is 2. The molecule has 0 saturated heterocycles. The van der Waals surface area contributed by atoms with Crippen LogP contribution in [-0.2, 0) is 38.3 Å². The van der Waals surface area contributed by atoms with Crippen molar-refractivity contribution < 1.29 is 28.6 Å². The zero-order chi connectivity index (χ0) is 57.2. The quantitative estimate of drug-likeness (QED) is 0.0233. The van der Waals surface area contributed by atoms with E-state index in [9.17, 15) is 14.4 Å². The lowest BCUT2D eigenvalue weighted by Gasteiger charge is -2.22. The van der Waals surface area contributed by atoms with Crippen molar-refractivity contribution in [2.75, 3.05) is 62.1 Å². The monoisotopic (exact) mass is 1140 g/mol. The van der Waals surface area contributed by atoms with Gasteiger partial charge in [-0.3, -0.25) is 4.79 Å². The molecule has 13 nitrogen and oxygen atoms in total. The Bertz CT molecular complexity index is 2040. The first kappa shape index (κ1) is 76.2. The van der Waals surface area contributed by atoms with Gasteiger partial charge < -0.3 is 46.9 Å². The molecule has 3 aromatic carbocycles. The zero-order valence-corrected chi connectivity index (χ0v) is 51.2. The number of esters is 1. The summed E-state index contributed by atoms with van der Waals surface area (Å²) in [5, 5.41) is 21.2. The molecule has 0 aromatic heterocycles. The van der Waals surface area contributed by atoms with Gasteiger partial charge in [0.05, 0.1) is 12.7 Å². The van der Waals surface area contributed by atoms with Crippen molar-refractivity contribution in [1.82, 2.24) is 10.6 Å². The topological polar surface area (TPSA) is 203 Å². The van der Waals surface area contributed by atoms with Crippen LogP contribution in [-0.4, -0.2) is 75.1 Å². The second-order valence-corrected chi connectivity index (χ2v) is 22.3. The van der Waals surface area contributed by atoms with Crippen LogP contribution in [0.2, 0.25) is 0 Å². The fourth-order valence-corrected chi connectivity index (χ4v) is 9.06. The van der Waals surface area contributed by atoms with Crippen LogP contribution in [0.3, 0.4) is 0 Å². The minimum atomic E-state index is -0.446. The van der Waals surface area contributed by atoms with Gasteiger partial charge in [0.1, 0.15) is 11.2 Å². The van der Waals surface area contributed by atoms with E-state index in [1.165, 1.54) is 125 Å². The molecule has 15 heteroatoms. The van der Waals surface area contributed by atoms with E-state index in [4.69, 9.17) is 26.2 Å². The van der Waals surface area contributed by atoms with Gasteiger partial charge in [-0.15, -0.1) is 24.0 Å². The van der Waals surface area contributed by atoms with Crippen LogP contribution in [0.15, 0.2) is 72.8 Å². The minimum absolute atomic E-state index is 0. The highest BCUT2D eigenvalue weighted by molar-refractivity contribution is 6.15. The van der Waals surface area contributed by atoms with Gasteiger partial charge in [0.2, 0.25) is 0 Å². The lowest BCUT2D eigenvalue weighted by Crippen LogP contribution is -2.33. The summed E-state index contributed by atoms with van der Waals surface area (Å²) in [4.78, 5) is 32.8. The molecule has 3 aliphatic carbocycles. The van der Waals surface area contributed by atoms with E-state index >= 15 is 0 Å². The van der Waals surface area contributed by atoms with E-state index in [0.717, 1.165) is 88.5 Å². The molecule has 0 bridgehead atoms. The molecule has 450 valence electrons. The lowest BCUT2D eigenvalue weighted by molar-refractivity contribution is -0.140. The highest BCUT2D eigenvalue weighted by atomic mass is 35.5. The van der Waals surface area contributed by atoms with Gasteiger partial charge in [-0.05, 0) is 197 Å². The van der Waals surface area contributed by atoms with E-state index in [2.05, 4.69) is 92.2 Å². The number of benzene rings is 3. The lowest BCUT2D eigenvalue weighted by atomic mass is 9.89. The number of nitrogens with one attached hydrogen (secondary N) is 4. The highest BCUT2D eigenvalue weighted by Crippen LogP contribution is 2.26. The molecule has 0 unspecified atom stereocenters. The Balaban J connectivity index is 0. The summed E-state index contributed by atoms with van der Waals surface area (Å²) in [7, 11) is 0. The van der Waals surface area contributed by atoms with Crippen LogP contribution in [0.1, 0.15) is 195 Å². The zero-order valence-electron chi connectivity index (χ0n) is 49.6. The molecular formula is C64H109Cl2N7O6. The number of halogens is 2. The molecule has 3 aliphatic rings. The number of nitriles is 1. The molecule has 0 atom stereocenters. The first-order valence-electron chi connectivity index (χ1n) is 28.9. The predicted octanol–water partition coefficient (Wildman–Crippen LogP) is 16.0. The number of alkyl halides is 1. The SMILES string of the molecule is C.CC(C)(C)OC(=O)NCCCc1cccc(N)c1.CC(C)(C)OC(=O)NCCCc1cccc(NCC2CCCCC2)c1.CCOC(C)=O.CCl.Cl.N#CC1CCCCC1.NCCCc1cccc(NCC2CCCCC2)c1. The number of aryl methyl sites for hydroxylation is 3. The summed E-state index contributed by atoms with van der Waals surface area (Å²) < 4.78 is 14.8. The van der Waals surface area contributed by atoms with E-state index < -0.39 is 11.2 Å². The Morgan fingerprint density at radius 2 is 1.00 bits per heavy atom. The number of carbonyl (C=O) groups excluding carboxylic acids is 3. The maximum atomic E-state index is 11.6. The molecule has 8 N–H and O–H groups in total. The van der Waals surface area contributed by atoms with Crippen LogP contribution in [0, 0.1) is 29.1 Å². The number of carbonyl (C=O) groups is 3. The summed E-state index contributed by atoms with van der Waals surface area (Å²) in [5.74, 6) is 1.89. The Labute approximate surface area is 491 Å².